The lowest BCUT2D eigenvalue weighted by atomic mass is 9.86. The fraction of sp³-hybridized carbons (Fsp3) is 0.517. The average Bonchev–Trinajstić information content (AvgIpc) is 3.55. The fourth-order valence-electron chi connectivity index (χ4n) is 5.90. The Morgan fingerprint density at radius 2 is 1.97 bits per heavy atom. The summed E-state index contributed by atoms with van der Waals surface area (Å²) in [5, 5.41) is 13.8. The van der Waals surface area contributed by atoms with Crippen molar-refractivity contribution in [3.8, 4) is 11.1 Å². The Kier molecular flexibility index (Phi) is 7.42. The number of benzene rings is 1. The monoisotopic (exact) mass is 490 g/mol. The minimum atomic E-state index is -0.180. The summed E-state index contributed by atoms with van der Waals surface area (Å²) >= 11 is 0. The van der Waals surface area contributed by atoms with E-state index in [-0.39, 0.29) is 17.9 Å². The molecule has 5 rings (SSSR count). The molecule has 1 saturated carbocycles. The molecule has 192 valence electrons. The highest BCUT2D eigenvalue weighted by Gasteiger charge is 2.33. The summed E-state index contributed by atoms with van der Waals surface area (Å²) in [6, 6.07) is 8.80. The van der Waals surface area contributed by atoms with E-state index in [2.05, 4.69) is 58.5 Å². The van der Waals surface area contributed by atoms with Crippen LogP contribution in [0.1, 0.15) is 65.9 Å². The fourth-order valence-corrected chi connectivity index (χ4v) is 5.90. The first-order valence-corrected chi connectivity index (χ1v) is 13.2. The van der Waals surface area contributed by atoms with Gasteiger partial charge in [-0.2, -0.15) is 0 Å². The van der Waals surface area contributed by atoms with Crippen LogP contribution in [0, 0.1) is 5.41 Å². The molecular formula is C29H38N4O3. The molecule has 0 atom stereocenters. The van der Waals surface area contributed by atoms with E-state index in [9.17, 15) is 9.90 Å². The second kappa shape index (κ2) is 10.7. The van der Waals surface area contributed by atoms with Crippen LogP contribution in [0.5, 0.6) is 0 Å². The maximum Gasteiger partial charge on any atom is 0.253 e. The number of hydrogen-bond acceptors (Lipinski definition) is 5. The van der Waals surface area contributed by atoms with Gasteiger partial charge in [-0.1, -0.05) is 25.0 Å². The number of fused-ring (bicyclic) bond motifs is 1. The number of amides is 1. The highest BCUT2D eigenvalue weighted by atomic mass is 16.5. The third kappa shape index (κ3) is 5.19. The van der Waals surface area contributed by atoms with Crippen molar-refractivity contribution in [3.05, 3.63) is 53.3 Å². The molecule has 0 bridgehead atoms. The van der Waals surface area contributed by atoms with Crippen LogP contribution in [0.15, 0.2) is 36.7 Å². The van der Waals surface area contributed by atoms with E-state index in [4.69, 9.17) is 4.74 Å². The molecule has 1 amide bonds. The maximum absolute atomic E-state index is 13.1. The van der Waals surface area contributed by atoms with Crippen molar-refractivity contribution in [2.24, 2.45) is 5.41 Å². The van der Waals surface area contributed by atoms with Gasteiger partial charge in [0.15, 0.2) is 0 Å². The van der Waals surface area contributed by atoms with Crippen molar-refractivity contribution in [3.63, 3.8) is 0 Å². The van der Waals surface area contributed by atoms with Crippen LogP contribution < -0.4 is 5.32 Å². The van der Waals surface area contributed by atoms with E-state index in [0.717, 1.165) is 74.8 Å². The summed E-state index contributed by atoms with van der Waals surface area (Å²) in [4.78, 5) is 23.1. The van der Waals surface area contributed by atoms with Crippen LogP contribution in [0.4, 0.5) is 0 Å². The number of carbonyl (C=O) groups excluding carboxylic acids is 1. The van der Waals surface area contributed by atoms with Gasteiger partial charge in [-0.25, -0.2) is 4.98 Å². The van der Waals surface area contributed by atoms with Gasteiger partial charge in [0.25, 0.3) is 5.91 Å². The first-order valence-electron chi connectivity index (χ1n) is 13.2. The number of pyridine rings is 1. The summed E-state index contributed by atoms with van der Waals surface area (Å²) in [6.07, 6.45) is 9.88. The molecule has 1 aliphatic carbocycles. The summed E-state index contributed by atoms with van der Waals surface area (Å²) in [7, 11) is 4.20. The lowest BCUT2D eigenvalue weighted by molar-refractivity contribution is 0.0850. The number of nitrogens with one attached hydrogen (secondary N) is 2. The smallest absolute Gasteiger partial charge is 0.253 e. The summed E-state index contributed by atoms with van der Waals surface area (Å²) in [6.45, 7) is 3.15. The van der Waals surface area contributed by atoms with Crippen molar-refractivity contribution in [2.75, 3.05) is 40.5 Å². The number of ether oxygens (including phenoxy) is 1. The minimum absolute atomic E-state index is 0.117. The number of aromatic nitrogens is 2. The largest absolute Gasteiger partial charge is 0.396 e. The molecule has 0 unspecified atom stereocenters. The predicted octanol–water partition coefficient (Wildman–Crippen LogP) is 4.47. The van der Waals surface area contributed by atoms with Crippen LogP contribution in [0.2, 0.25) is 0 Å². The van der Waals surface area contributed by atoms with Crippen LogP contribution in [0.25, 0.3) is 22.2 Å². The summed E-state index contributed by atoms with van der Waals surface area (Å²) in [5.74, 6) is 0.411. The highest BCUT2D eigenvalue weighted by Crippen LogP contribution is 2.37. The second-order valence-electron chi connectivity index (χ2n) is 10.9. The van der Waals surface area contributed by atoms with Gasteiger partial charge >= 0.3 is 0 Å². The Morgan fingerprint density at radius 3 is 2.69 bits per heavy atom. The normalized spacial score (nSPS) is 18.2. The number of hydrogen-bond donors (Lipinski definition) is 3. The molecule has 7 nitrogen and oxygen atoms in total. The summed E-state index contributed by atoms with van der Waals surface area (Å²) in [5.41, 5.74) is 5.97. The van der Waals surface area contributed by atoms with Crippen LogP contribution >= 0.6 is 0 Å². The lowest BCUT2D eigenvalue weighted by Crippen LogP contribution is -2.38. The molecule has 3 N–H and O–H groups in total. The predicted molar refractivity (Wildman–Crippen MR) is 142 cm³/mol. The molecule has 7 heteroatoms. The Morgan fingerprint density at radius 1 is 1.19 bits per heavy atom. The number of rotatable bonds is 8. The number of H-pyrrole nitrogens is 1. The Hall–Kier alpha value is -2.74. The van der Waals surface area contributed by atoms with Gasteiger partial charge in [0, 0.05) is 55.1 Å². The first-order chi connectivity index (χ1) is 17.5. The molecule has 0 spiro atoms. The molecule has 1 aromatic carbocycles. The van der Waals surface area contributed by atoms with Gasteiger partial charge in [-0.3, -0.25) is 4.79 Å². The number of aliphatic hydroxyl groups excluding tert-OH is 1. The van der Waals surface area contributed by atoms with Gasteiger partial charge in [-0.05, 0) is 74.5 Å². The number of aromatic amines is 1. The van der Waals surface area contributed by atoms with Gasteiger partial charge in [0.1, 0.15) is 5.65 Å². The van der Waals surface area contributed by atoms with E-state index in [1.807, 2.05) is 6.20 Å². The van der Waals surface area contributed by atoms with Gasteiger partial charge in [0.2, 0.25) is 0 Å². The topological polar surface area (TPSA) is 90.5 Å². The average molecular weight is 491 g/mol. The Labute approximate surface area is 213 Å². The third-order valence-corrected chi connectivity index (χ3v) is 8.02. The highest BCUT2D eigenvalue weighted by molar-refractivity contribution is 6.06. The SMILES string of the molecule is CN(C)Cc1cc(-c2cnc3[nH]cc(C(=O)NCC4(CO)CCCC4)c3c2)ccc1C1CCOCC1. The summed E-state index contributed by atoms with van der Waals surface area (Å²) < 4.78 is 5.59. The quantitative estimate of drug-likeness (QED) is 0.434. The number of aliphatic hydroxyl groups is 1. The van der Waals surface area contributed by atoms with Crippen molar-refractivity contribution in [1.82, 2.24) is 20.2 Å². The molecule has 2 aromatic heterocycles. The van der Waals surface area contributed by atoms with Crippen LogP contribution in [-0.4, -0.2) is 66.3 Å². The molecule has 1 saturated heterocycles. The van der Waals surface area contributed by atoms with Gasteiger partial charge < -0.3 is 25.0 Å². The van der Waals surface area contributed by atoms with E-state index in [1.165, 1.54) is 11.1 Å². The molecule has 3 heterocycles. The van der Waals surface area contributed by atoms with Crippen molar-refractivity contribution in [1.29, 1.82) is 0 Å². The zero-order chi connectivity index (χ0) is 25.1. The van der Waals surface area contributed by atoms with Crippen LogP contribution in [-0.2, 0) is 11.3 Å². The Balaban J connectivity index is 1.42. The van der Waals surface area contributed by atoms with Crippen molar-refractivity contribution >= 4 is 16.9 Å². The Bertz CT molecular complexity index is 1210. The number of carbonyl (C=O) groups is 1. The standard InChI is InChI=1S/C29H38N4O3/c1-33(2)17-23-13-21(5-6-24(23)20-7-11-36-12-8-20)22-14-25-26(16-31-27(25)30-15-22)28(35)32-18-29(19-34)9-3-4-10-29/h5-6,13-16,20,34H,3-4,7-12,17-19H2,1-2H3,(H,30,31)(H,32,35). The second-order valence-corrected chi connectivity index (χ2v) is 10.9. The first kappa shape index (κ1) is 24.9. The van der Waals surface area contributed by atoms with Crippen molar-refractivity contribution < 1.29 is 14.6 Å². The molecule has 3 aromatic rings. The van der Waals surface area contributed by atoms with Crippen LogP contribution in [0.3, 0.4) is 0 Å². The number of nitrogens with zero attached hydrogens (tertiary/aromatic N) is 2. The molecule has 1 aliphatic heterocycles. The molecule has 36 heavy (non-hydrogen) atoms. The maximum atomic E-state index is 13.1. The lowest BCUT2D eigenvalue weighted by Gasteiger charge is -2.26. The minimum Gasteiger partial charge on any atom is -0.396 e. The molecule has 2 aliphatic rings. The molecule has 0 radical (unpaired) electrons. The van der Waals surface area contributed by atoms with Crippen molar-refractivity contribution in [2.45, 2.75) is 51.0 Å². The zero-order valence-electron chi connectivity index (χ0n) is 21.5. The third-order valence-electron chi connectivity index (χ3n) is 8.02. The van der Waals surface area contributed by atoms with E-state index in [1.54, 1.807) is 6.20 Å². The van der Waals surface area contributed by atoms with Gasteiger partial charge in [-0.15, -0.1) is 0 Å². The van der Waals surface area contributed by atoms with Gasteiger partial charge in [0.05, 0.1) is 12.2 Å². The zero-order valence-corrected chi connectivity index (χ0v) is 21.5. The molecular weight excluding hydrogens is 452 g/mol. The van der Waals surface area contributed by atoms with E-state index in [0.29, 0.717) is 23.7 Å². The van der Waals surface area contributed by atoms with E-state index < -0.39 is 0 Å². The molecule has 2 fully saturated rings. The van der Waals surface area contributed by atoms with E-state index >= 15 is 0 Å².